The van der Waals surface area contributed by atoms with Gasteiger partial charge in [0.05, 0.1) is 6.42 Å². The van der Waals surface area contributed by atoms with Crippen LogP contribution in [-0.4, -0.2) is 17.6 Å². The first-order valence-electron chi connectivity index (χ1n) is 7.04. The molecule has 0 heterocycles. The second-order valence-electron chi connectivity index (χ2n) is 4.98. The predicted octanol–water partition coefficient (Wildman–Crippen LogP) is 2.96. The molecule has 0 fully saturated rings. The molecule has 0 spiro atoms. The van der Waals surface area contributed by atoms with Gasteiger partial charge in [-0.3, -0.25) is 4.79 Å². The molecule has 0 radical (unpaired) electrons. The van der Waals surface area contributed by atoms with E-state index in [-0.39, 0.29) is 18.1 Å². The molecule has 0 aromatic heterocycles. The molecule has 2 aromatic rings. The number of aromatic hydroxyl groups is 1. The molecular formula is C17H20N2O2. The van der Waals surface area contributed by atoms with E-state index in [1.807, 2.05) is 25.1 Å². The van der Waals surface area contributed by atoms with Crippen LogP contribution in [0.4, 0.5) is 11.4 Å². The lowest BCUT2D eigenvalue weighted by Crippen LogP contribution is -2.32. The lowest BCUT2D eigenvalue weighted by Gasteiger charge is -2.22. The fourth-order valence-electron chi connectivity index (χ4n) is 2.21. The summed E-state index contributed by atoms with van der Waals surface area (Å²) in [5.74, 6) is 0.182. The molecule has 0 saturated carbocycles. The maximum atomic E-state index is 12.5. The number of benzene rings is 2. The first-order valence-corrected chi connectivity index (χ1v) is 7.04. The fourth-order valence-corrected chi connectivity index (χ4v) is 2.21. The van der Waals surface area contributed by atoms with Gasteiger partial charge in [0.25, 0.3) is 0 Å². The Morgan fingerprint density at radius 1 is 1.19 bits per heavy atom. The molecule has 0 bridgehead atoms. The monoisotopic (exact) mass is 284 g/mol. The highest BCUT2D eigenvalue weighted by Crippen LogP contribution is 2.19. The minimum Gasteiger partial charge on any atom is -0.508 e. The van der Waals surface area contributed by atoms with E-state index < -0.39 is 0 Å². The number of anilines is 2. The van der Waals surface area contributed by atoms with E-state index in [1.54, 1.807) is 35.2 Å². The third kappa shape index (κ3) is 3.99. The first kappa shape index (κ1) is 14.9. The van der Waals surface area contributed by atoms with Gasteiger partial charge in [-0.25, -0.2) is 0 Å². The molecule has 0 saturated heterocycles. The quantitative estimate of drug-likeness (QED) is 0.829. The Morgan fingerprint density at radius 2 is 1.90 bits per heavy atom. The second-order valence-corrected chi connectivity index (χ2v) is 4.98. The zero-order chi connectivity index (χ0) is 15.2. The van der Waals surface area contributed by atoms with Gasteiger partial charge in [0.1, 0.15) is 5.75 Å². The minimum absolute atomic E-state index is 0.00669. The molecule has 0 aliphatic heterocycles. The van der Waals surface area contributed by atoms with E-state index >= 15 is 0 Å². The fraction of sp³-hybridized carbons (Fsp3) is 0.235. The number of amides is 1. The first-order chi connectivity index (χ1) is 10.1. The average molecular weight is 284 g/mol. The number of nitrogen functional groups attached to an aromatic ring is 1. The van der Waals surface area contributed by atoms with E-state index in [9.17, 15) is 9.90 Å². The molecule has 2 rings (SSSR count). The van der Waals surface area contributed by atoms with Crippen LogP contribution in [0.2, 0.25) is 0 Å². The van der Waals surface area contributed by atoms with Crippen molar-refractivity contribution in [1.29, 1.82) is 0 Å². The summed E-state index contributed by atoms with van der Waals surface area (Å²) in [7, 11) is 0. The second kappa shape index (κ2) is 6.79. The van der Waals surface area contributed by atoms with Crippen LogP contribution in [0.25, 0.3) is 0 Å². The number of phenolic OH excluding ortho intramolecular Hbond substituents is 1. The van der Waals surface area contributed by atoms with Gasteiger partial charge in [-0.15, -0.1) is 0 Å². The van der Waals surface area contributed by atoms with Crippen LogP contribution in [0, 0.1) is 0 Å². The topological polar surface area (TPSA) is 66.6 Å². The summed E-state index contributed by atoms with van der Waals surface area (Å²) in [5.41, 5.74) is 8.01. The predicted molar refractivity (Wildman–Crippen MR) is 85.3 cm³/mol. The number of hydrogen-bond acceptors (Lipinski definition) is 3. The number of carbonyl (C=O) groups excluding carboxylic acids is 1. The van der Waals surface area contributed by atoms with Gasteiger partial charge >= 0.3 is 0 Å². The zero-order valence-corrected chi connectivity index (χ0v) is 12.1. The van der Waals surface area contributed by atoms with Gasteiger partial charge in [0, 0.05) is 17.9 Å². The van der Waals surface area contributed by atoms with Gasteiger partial charge in [-0.1, -0.05) is 19.1 Å². The smallest absolute Gasteiger partial charge is 0.231 e. The van der Waals surface area contributed by atoms with E-state index in [0.29, 0.717) is 12.2 Å². The molecule has 0 atom stereocenters. The summed E-state index contributed by atoms with van der Waals surface area (Å²) in [6.45, 7) is 2.69. The zero-order valence-electron chi connectivity index (χ0n) is 12.1. The third-order valence-corrected chi connectivity index (χ3v) is 3.22. The molecule has 4 nitrogen and oxygen atoms in total. The Bertz CT molecular complexity index is 608. The van der Waals surface area contributed by atoms with E-state index in [0.717, 1.165) is 17.7 Å². The number of carbonyl (C=O) groups is 1. The number of nitrogens with two attached hydrogens (primary N) is 1. The van der Waals surface area contributed by atoms with Crippen molar-refractivity contribution in [3.63, 3.8) is 0 Å². The SMILES string of the molecule is CCCN(C(=O)Cc1cccc(O)c1)c1ccc(N)cc1. The van der Waals surface area contributed by atoms with E-state index in [1.165, 1.54) is 0 Å². The average Bonchev–Trinajstić information content (AvgIpc) is 2.46. The summed E-state index contributed by atoms with van der Waals surface area (Å²) in [6, 6.07) is 14.1. The van der Waals surface area contributed by atoms with Crippen molar-refractivity contribution in [2.75, 3.05) is 17.2 Å². The maximum Gasteiger partial charge on any atom is 0.231 e. The standard InChI is InChI=1S/C17H20N2O2/c1-2-10-19(15-8-6-14(18)7-9-15)17(21)12-13-4-3-5-16(20)11-13/h3-9,11,20H,2,10,12,18H2,1H3. The van der Waals surface area contributed by atoms with Crippen LogP contribution in [0.3, 0.4) is 0 Å². The van der Waals surface area contributed by atoms with Crippen molar-refractivity contribution < 1.29 is 9.90 Å². The van der Waals surface area contributed by atoms with Crippen LogP contribution >= 0.6 is 0 Å². The minimum atomic E-state index is 0.00669. The third-order valence-electron chi connectivity index (χ3n) is 3.22. The lowest BCUT2D eigenvalue weighted by molar-refractivity contribution is -0.118. The van der Waals surface area contributed by atoms with Crippen LogP contribution in [-0.2, 0) is 11.2 Å². The largest absolute Gasteiger partial charge is 0.508 e. The summed E-state index contributed by atoms with van der Waals surface area (Å²) in [5, 5.41) is 9.48. The number of phenols is 1. The Labute approximate surface area is 124 Å². The molecule has 2 aromatic carbocycles. The molecule has 110 valence electrons. The molecule has 21 heavy (non-hydrogen) atoms. The molecule has 4 heteroatoms. The summed E-state index contributed by atoms with van der Waals surface area (Å²) < 4.78 is 0. The van der Waals surface area contributed by atoms with Crippen LogP contribution < -0.4 is 10.6 Å². The highest BCUT2D eigenvalue weighted by molar-refractivity contribution is 5.94. The summed E-state index contributed by atoms with van der Waals surface area (Å²) >= 11 is 0. The van der Waals surface area contributed by atoms with Crippen molar-refractivity contribution in [2.45, 2.75) is 19.8 Å². The van der Waals surface area contributed by atoms with Crippen LogP contribution in [0.5, 0.6) is 5.75 Å². The van der Waals surface area contributed by atoms with Crippen LogP contribution in [0.15, 0.2) is 48.5 Å². The van der Waals surface area contributed by atoms with E-state index in [4.69, 9.17) is 5.73 Å². The van der Waals surface area contributed by atoms with Gasteiger partial charge in [0.2, 0.25) is 5.91 Å². The van der Waals surface area contributed by atoms with Crippen LogP contribution in [0.1, 0.15) is 18.9 Å². The Kier molecular flexibility index (Phi) is 4.82. The van der Waals surface area contributed by atoms with Gasteiger partial charge in [-0.05, 0) is 48.4 Å². The van der Waals surface area contributed by atoms with Crippen molar-refractivity contribution >= 4 is 17.3 Å². The van der Waals surface area contributed by atoms with Crippen molar-refractivity contribution in [2.24, 2.45) is 0 Å². The maximum absolute atomic E-state index is 12.5. The highest BCUT2D eigenvalue weighted by Gasteiger charge is 2.15. The number of nitrogens with zero attached hydrogens (tertiary/aromatic N) is 1. The molecule has 3 N–H and O–H groups in total. The molecule has 0 unspecified atom stereocenters. The Balaban J connectivity index is 2.17. The number of hydrogen-bond donors (Lipinski definition) is 2. The Morgan fingerprint density at radius 3 is 2.52 bits per heavy atom. The molecule has 0 aliphatic carbocycles. The summed E-state index contributed by atoms with van der Waals surface area (Å²) in [4.78, 5) is 14.3. The van der Waals surface area contributed by atoms with Crippen molar-refractivity contribution in [3.8, 4) is 5.75 Å². The molecular weight excluding hydrogens is 264 g/mol. The molecule has 1 amide bonds. The van der Waals surface area contributed by atoms with E-state index in [2.05, 4.69) is 0 Å². The van der Waals surface area contributed by atoms with Crippen molar-refractivity contribution in [1.82, 2.24) is 0 Å². The normalized spacial score (nSPS) is 10.3. The Hall–Kier alpha value is -2.49. The highest BCUT2D eigenvalue weighted by atomic mass is 16.3. The molecule has 0 aliphatic rings. The summed E-state index contributed by atoms with van der Waals surface area (Å²) in [6.07, 6.45) is 1.13. The lowest BCUT2D eigenvalue weighted by atomic mass is 10.1. The van der Waals surface area contributed by atoms with Gasteiger partial charge in [0.15, 0.2) is 0 Å². The van der Waals surface area contributed by atoms with Crippen molar-refractivity contribution in [3.05, 3.63) is 54.1 Å². The van der Waals surface area contributed by atoms with Gasteiger partial charge < -0.3 is 15.7 Å². The van der Waals surface area contributed by atoms with Gasteiger partial charge in [-0.2, -0.15) is 0 Å². The number of rotatable bonds is 5.